The monoisotopic (exact) mass is 434 g/mol. The Balaban J connectivity index is 1.61. The van der Waals surface area contributed by atoms with Gasteiger partial charge >= 0.3 is 5.97 Å². The summed E-state index contributed by atoms with van der Waals surface area (Å²) in [6.07, 6.45) is 0.834. The van der Waals surface area contributed by atoms with Crippen molar-refractivity contribution in [3.05, 3.63) is 71.0 Å². The number of nitrogens with two attached hydrogens (primary N) is 1. The van der Waals surface area contributed by atoms with Gasteiger partial charge in [0.2, 0.25) is 11.9 Å². The molecule has 0 bridgehead atoms. The van der Waals surface area contributed by atoms with Crippen LogP contribution in [0.3, 0.4) is 0 Å². The van der Waals surface area contributed by atoms with Crippen molar-refractivity contribution in [1.82, 2.24) is 20.3 Å². The average molecular weight is 435 g/mol. The van der Waals surface area contributed by atoms with Crippen LogP contribution in [0.4, 0.5) is 17.6 Å². The maximum absolute atomic E-state index is 12.3. The minimum atomic E-state index is -0.851. The van der Waals surface area contributed by atoms with Crippen LogP contribution in [0.1, 0.15) is 41.2 Å². The molecular weight excluding hydrogens is 408 g/mol. The Morgan fingerprint density at radius 2 is 1.88 bits per heavy atom. The first-order valence-corrected chi connectivity index (χ1v) is 10.2. The van der Waals surface area contributed by atoms with Gasteiger partial charge in [0, 0.05) is 11.3 Å². The quantitative estimate of drug-likeness (QED) is 0.461. The van der Waals surface area contributed by atoms with Gasteiger partial charge in [-0.25, -0.2) is 4.79 Å². The van der Waals surface area contributed by atoms with Crippen LogP contribution in [0.15, 0.2) is 48.5 Å². The molecule has 0 spiro atoms. The molecule has 1 heterocycles. The summed E-state index contributed by atoms with van der Waals surface area (Å²) in [6.45, 7) is 5.28. The molecule has 166 valence electrons. The predicted octanol–water partition coefficient (Wildman–Crippen LogP) is 2.93. The molecule has 0 unspecified atom stereocenters. The summed E-state index contributed by atoms with van der Waals surface area (Å²) in [5.41, 5.74) is 9.17. The number of carbonyl (C=O) groups is 2. The molecule has 2 aromatic carbocycles. The summed E-state index contributed by atoms with van der Waals surface area (Å²) in [5.74, 6) is -0.521. The average Bonchev–Trinajstić information content (AvgIpc) is 2.77. The van der Waals surface area contributed by atoms with E-state index in [1.807, 2.05) is 44.2 Å². The van der Waals surface area contributed by atoms with Crippen LogP contribution in [0.25, 0.3) is 0 Å². The van der Waals surface area contributed by atoms with Crippen molar-refractivity contribution < 1.29 is 14.3 Å². The minimum absolute atomic E-state index is 0.00308. The number of aryl methyl sites for hydroxylation is 2. The lowest BCUT2D eigenvalue weighted by atomic mass is 10.1. The molecule has 3 rings (SSSR count). The number of nitrogen functional groups attached to an aromatic ring is 1. The topological polar surface area (TPSA) is 132 Å². The molecule has 4 N–H and O–H groups in total. The maximum atomic E-state index is 12.3. The van der Waals surface area contributed by atoms with Crippen LogP contribution in [0, 0.1) is 6.92 Å². The summed E-state index contributed by atoms with van der Waals surface area (Å²) in [7, 11) is 0. The molecule has 32 heavy (non-hydrogen) atoms. The fourth-order valence-corrected chi connectivity index (χ4v) is 3.02. The Labute approximate surface area is 186 Å². The number of hydrogen-bond donors (Lipinski definition) is 3. The van der Waals surface area contributed by atoms with Crippen molar-refractivity contribution in [2.45, 2.75) is 39.8 Å². The van der Waals surface area contributed by atoms with Crippen molar-refractivity contribution in [3.8, 4) is 0 Å². The van der Waals surface area contributed by atoms with Crippen molar-refractivity contribution in [3.63, 3.8) is 0 Å². The minimum Gasteiger partial charge on any atom is -0.456 e. The van der Waals surface area contributed by atoms with E-state index < -0.39 is 12.0 Å². The first kappa shape index (κ1) is 22.7. The number of rotatable bonds is 8. The van der Waals surface area contributed by atoms with Crippen LogP contribution in [-0.4, -0.2) is 32.9 Å². The second-order valence-corrected chi connectivity index (χ2v) is 7.24. The lowest BCUT2D eigenvalue weighted by Crippen LogP contribution is -2.39. The Kier molecular flexibility index (Phi) is 7.33. The van der Waals surface area contributed by atoms with Gasteiger partial charge in [-0.1, -0.05) is 42.8 Å². The van der Waals surface area contributed by atoms with Crippen molar-refractivity contribution in [1.29, 1.82) is 0 Å². The standard InChI is InChI=1S/C23H26N6O3/c1-4-16-9-5-6-11-18(16)26-23-28-19(27-22(24)29-23)13-32-21(31)15(3)25-20(30)17-10-7-8-14(2)12-17/h5-12,15H,4,13H2,1-3H3,(H,25,30)(H3,24,26,27,28,29)/t15-/m1/s1. The van der Waals surface area contributed by atoms with E-state index in [2.05, 4.69) is 25.6 Å². The van der Waals surface area contributed by atoms with Crippen LogP contribution >= 0.6 is 0 Å². The number of nitrogens with zero attached hydrogens (tertiary/aromatic N) is 3. The normalized spacial score (nSPS) is 11.5. The summed E-state index contributed by atoms with van der Waals surface area (Å²) in [5, 5.41) is 5.75. The number of hydrogen-bond acceptors (Lipinski definition) is 8. The third-order valence-electron chi connectivity index (χ3n) is 4.67. The third kappa shape index (κ3) is 6.00. The Morgan fingerprint density at radius 1 is 1.09 bits per heavy atom. The number of anilines is 3. The Bertz CT molecular complexity index is 1120. The van der Waals surface area contributed by atoms with E-state index in [1.54, 1.807) is 25.1 Å². The molecule has 0 aliphatic carbocycles. The number of ether oxygens (including phenoxy) is 1. The zero-order valence-corrected chi connectivity index (χ0v) is 18.3. The molecule has 1 amide bonds. The number of nitrogens with one attached hydrogen (secondary N) is 2. The number of esters is 1. The Morgan fingerprint density at radius 3 is 2.62 bits per heavy atom. The number of amides is 1. The molecule has 0 saturated carbocycles. The molecule has 0 radical (unpaired) electrons. The zero-order valence-electron chi connectivity index (χ0n) is 18.3. The van der Waals surface area contributed by atoms with E-state index in [1.165, 1.54) is 0 Å². The van der Waals surface area contributed by atoms with Gasteiger partial charge in [0.1, 0.15) is 6.04 Å². The number of para-hydroxylation sites is 1. The van der Waals surface area contributed by atoms with Gasteiger partial charge in [-0.05, 0) is 44.0 Å². The molecule has 0 aliphatic rings. The number of aromatic nitrogens is 3. The van der Waals surface area contributed by atoms with E-state index in [-0.39, 0.29) is 30.2 Å². The van der Waals surface area contributed by atoms with E-state index in [0.29, 0.717) is 5.56 Å². The van der Waals surface area contributed by atoms with Crippen LogP contribution < -0.4 is 16.4 Å². The molecule has 1 atom stereocenters. The van der Waals surface area contributed by atoms with Gasteiger partial charge in [-0.2, -0.15) is 15.0 Å². The SMILES string of the molecule is CCc1ccccc1Nc1nc(N)nc(COC(=O)[C@@H](C)NC(=O)c2cccc(C)c2)n1. The van der Waals surface area contributed by atoms with E-state index >= 15 is 0 Å². The first-order valence-electron chi connectivity index (χ1n) is 10.2. The van der Waals surface area contributed by atoms with Gasteiger partial charge in [-0.3, -0.25) is 4.79 Å². The van der Waals surface area contributed by atoms with Crippen LogP contribution in [-0.2, 0) is 22.6 Å². The highest BCUT2D eigenvalue weighted by atomic mass is 16.5. The number of benzene rings is 2. The summed E-state index contributed by atoms with van der Waals surface area (Å²) < 4.78 is 5.27. The van der Waals surface area contributed by atoms with Crippen molar-refractivity contribution in [2.24, 2.45) is 0 Å². The molecule has 9 heteroatoms. The molecule has 0 aliphatic heterocycles. The van der Waals surface area contributed by atoms with Crippen LogP contribution in [0.2, 0.25) is 0 Å². The first-order chi connectivity index (χ1) is 15.4. The predicted molar refractivity (Wildman–Crippen MR) is 121 cm³/mol. The molecule has 1 aromatic heterocycles. The van der Waals surface area contributed by atoms with Crippen molar-refractivity contribution >= 4 is 29.5 Å². The highest BCUT2D eigenvalue weighted by Gasteiger charge is 2.19. The fourth-order valence-electron chi connectivity index (χ4n) is 3.02. The third-order valence-corrected chi connectivity index (χ3v) is 4.67. The second-order valence-electron chi connectivity index (χ2n) is 7.24. The fraction of sp³-hybridized carbons (Fsp3) is 0.261. The lowest BCUT2D eigenvalue weighted by Gasteiger charge is -2.14. The van der Waals surface area contributed by atoms with E-state index in [9.17, 15) is 9.59 Å². The smallest absolute Gasteiger partial charge is 0.328 e. The molecule has 3 aromatic rings. The van der Waals surface area contributed by atoms with Gasteiger partial charge in [0.15, 0.2) is 12.4 Å². The van der Waals surface area contributed by atoms with Crippen LogP contribution in [0.5, 0.6) is 0 Å². The lowest BCUT2D eigenvalue weighted by molar-refractivity contribution is -0.147. The Hall–Kier alpha value is -4.01. The highest BCUT2D eigenvalue weighted by molar-refractivity contribution is 5.96. The molecular formula is C23H26N6O3. The van der Waals surface area contributed by atoms with Crippen molar-refractivity contribution in [2.75, 3.05) is 11.1 Å². The largest absolute Gasteiger partial charge is 0.456 e. The van der Waals surface area contributed by atoms with Gasteiger partial charge in [0.25, 0.3) is 5.91 Å². The molecule has 0 fully saturated rings. The summed E-state index contributed by atoms with van der Waals surface area (Å²) >= 11 is 0. The van der Waals surface area contributed by atoms with Gasteiger partial charge in [-0.15, -0.1) is 0 Å². The van der Waals surface area contributed by atoms with E-state index in [0.717, 1.165) is 23.2 Å². The summed E-state index contributed by atoms with van der Waals surface area (Å²) in [4.78, 5) is 37.1. The summed E-state index contributed by atoms with van der Waals surface area (Å²) in [6, 6.07) is 14.0. The zero-order chi connectivity index (χ0) is 23.1. The molecule has 0 saturated heterocycles. The number of carbonyl (C=O) groups excluding carboxylic acids is 2. The van der Waals surface area contributed by atoms with E-state index in [4.69, 9.17) is 10.5 Å². The molecule has 9 nitrogen and oxygen atoms in total. The second kappa shape index (κ2) is 10.3. The van der Waals surface area contributed by atoms with Gasteiger partial charge in [0.05, 0.1) is 0 Å². The maximum Gasteiger partial charge on any atom is 0.328 e. The van der Waals surface area contributed by atoms with Gasteiger partial charge < -0.3 is 21.1 Å². The highest BCUT2D eigenvalue weighted by Crippen LogP contribution is 2.19.